The number of carbonyl (C=O) groups is 2. The van der Waals surface area contributed by atoms with Gasteiger partial charge in [-0.1, -0.05) is 66.7 Å². The van der Waals surface area contributed by atoms with Gasteiger partial charge in [0, 0.05) is 42.9 Å². The lowest BCUT2D eigenvalue weighted by Crippen LogP contribution is -2.31. The van der Waals surface area contributed by atoms with E-state index >= 15 is 0 Å². The molecule has 3 aromatic carbocycles. The molecule has 0 radical (unpaired) electrons. The van der Waals surface area contributed by atoms with Gasteiger partial charge in [0.2, 0.25) is 0 Å². The first-order chi connectivity index (χ1) is 23.0. The van der Waals surface area contributed by atoms with Gasteiger partial charge in [-0.2, -0.15) is 0 Å². The van der Waals surface area contributed by atoms with Gasteiger partial charge in [-0.25, -0.2) is 9.78 Å². The van der Waals surface area contributed by atoms with Crippen molar-refractivity contribution >= 4 is 23.6 Å². The van der Waals surface area contributed by atoms with Gasteiger partial charge in [0.1, 0.15) is 5.03 Å². The highest BCUT2D eigenvalue weighted by Gasteiger charge is 2.32. The number of pyridine rings is 2. The third-order valence-electron chi connectivity index (χ3n) is 7.84. The van der Waals surface area contributed by atoms with E-state index in [0.717, 1.165) is 33.4 Å². The standard InChI is InChI=1S/C37H33N3O6S/c41-22-24-8-10-27(11-9-24)33-19-31(23-47-35-32(36(43)44)7-3-17-39-35)45-37(46-33)28-14-12-26(13-15-28)29-5-1-4-25(18-29)20-40-34(42)30-6-2-16-38-21-30/h1-18,21,31,33,37,41H,19-20,22-23H2,(H,40,42)(H,43,44)/t31-,33+,37+/m1/s1. The summed E-state index contributed by atoms with van der Waals surface area (Å²) in [6.07, 6.45) is 4.16. The van der Waals surface area contributed by atoms with E-state index in [4.69, 9.17) is 9.47 Å². The number of aromatic nitrogens is 2. The zero-order valence-corrected chi connectivity index (χ0v) is 26.2. The fourth-order valence-electron chi connectivity index (χ4n) is 5.34. The Morgan fingerprint density at radius 2 is 1.64 bits per heavy atom. The number of amides is 1. The third-order valence-corrected chi connectivity index (χ3v) is 8.98. The van der Waals surface area contributed by atoms with Crippen LogP contribution in [0, 0.1) is 0 Å². The lowest BCUT2D eigenvalue weighted by molar-refractivity contribution is -0.245. The van der Waals surface area contributed by atoms with Crippen LogP contribution in [0.3, 0.4) is 0 Å². The molecule has 1 fully saturated rings. The van der Waals surface area contributed by atoms with Gasteiger partial charge in [-0.05, 0) is 58.1 Å². The summed E-state index contributed by atoms with van der Waals surface area (Å²) < 4.78 is 12.9. The Morgan fingerprint density at radius 1 is 0.851 bits per heavy atom. The second kappa shape index (κ2) is 15.1. The quantitative estimate of drug-likeness (QED) is 0.136. The average Bonchev–Trinajstić information content (AvgIpc) is 3.13. The molecule has 0 bridgehead atoms. The number of nitrogens with one attached hydrogen (secondary N) is 1. The number of carboxylic acids is 1. The number of nitrogens with zero attached hydrogens (tertiary/aromatic N) is 2. The molecule has 5 aromatic rings. The average molecular weight is 648 g/mol. The maximum Gasteiger partial charge on any atom is 0.338 e. The molecule has 1 amide bonds. The molecule has 47 heavy (non-hydrogen) atoms. The fraction of sp³-hybridized carbons (Fsp3) is 0.189. The minimum absolute atomic E-state index is 0.0396. The summed E-state index contributed by atoms with van der Waals surface area (Å²) in [7, 11) is 0. The van der Waals surface area contributed by atoms with E-state index in [-0.39, 0.29) is 30.3 Å². The lowest BCUT2D eigenvalue weighted by atomic mass is 9.99. The van der Waals surface area contributed by atoms with E-state index < -0.39 is 12.3 Å². The summed E-state index contributed by atoms with van der Waals surface area (Å²) in [5.41, 5.74) is 6.29. The summed E-state index contributed by atoms with van der Waals surface area (Å²) >= 11 is 1.35. The predicted molar refractivity (Wildman–Crippen MR) is 178 cm³/mol. The van der Waals surface area contributed by atoms with Crippen LogP contribution in [0.1, 0.15) is 61.8 Å². The number of hydrogen-bond acceptors (Lipinski definition) is 8. The van der Waals surface area contributed by atoms with Gasteiger partial charge in [-0.3, -0.25) is 9.78 Å². The Bertz CT molecular complexity index is 1820. The Labute approximate surface area is 276 Å². The van der Waals surface area contributed by atoms with Crippen molar-refractivity contribution in [3.8, 4) is 11.1 Å². The topological polar surface area (TPSA) is 131 Å². The number of hydrogen-bond donors (Lipinski definition) is 3. The Morgan fingerprint density at radius 3 is 2.38 bits per heavy atom. The molecular formula is C37H33N3O6S. The molecule has 9 nitrogen and oxygen atoms in total. The zero-order chi connectivity index (χ0) is 32.6. The first kappa shape index (κ1) is 32.1. The van der Waals surface area contributed by atoms with E-state index in [0.29, 0.717) is 29.3 Å². The molecule has 3 N–H and O–H groups in total. The van der Waals surface area contributed by atoms with Crippen molar-refractivity contribution in [1.82, 2.24) is 15.3 Å². The van der Waals surface area contributed by atoms with Crippen LogP contribution in [-0.4, -0.2) is 43.9 Å². The second-order valence-electron chi connectivity index (χ2n) is 11.1. The van der Waals surface area contributed by atoms with E-state index in [9.17, 15) is 19.8 Å². The number of aromatic carboxylic acids is 1. The molecule has 0 spiro atoms. The number of ether oxygens (including phenoxy) is 2. The van der Waals surface area contributed by atoms with E-state index in [1.807, 2.05) is 66.7 Å². The maximum absolute atomic E-state index is 12.5. The van der Waals surface area contributed by atoms with E-state index in [1.54, 1.807) is 42.9 Å². The number of aliphatic hydroxyl groups excluding tert-OH is 1. The smallest absolute Gasteiger partial charge is 0.338 e. The number of carboxylic acid groups (broad SMARTS) is 1. The molecule has 3 heterocycles. The second-order valence-corrected chi connectivity index (χ2v) is 12.1. The van der Waals surface area contributed by atoms with Crippen LogP contribution < -0.4 is 5.32 Å². The molecule has 3 atom stereocenters. The normalized spacial score (nSPS) is 17.6. The molecule has 6 rings (SSSR count). The van der Waals surface area contributed by atoms with E-state index in [1.165, 1.54) is 11.8 Å². The van der Waals surface area contributed by atoms with Gasteiger partial charge >= 0.3 is 5.97 Å². The highest BCUT2D eigenvalue weighted by Crippen LogP contribution is 2.40. The lowest BCUT2D eigenvalue weighted by Gasteiger charge is -2.36. The Balaban J connectivity index is 1.17. The SMILES string of the molecule is O=C(NCc1cccc(-c2ccc([C@H]3O[C@@H](CSc4ncccc4C(=O)O)C[C@@H](c4ccc(CO)cc4)O3)cc2)c1)c1cccnc1. The molecule has 1 aliphatic rings. The minimum atomic E-state index is -1.02. The number of rotatable bonds is 11. The van der Waals surface area contributed by atoms with Crippen molar-refractivity contribution in [2.45, 2.75) is 43.1 Å². The monoisotopic (exact) mass is 647 g/mol. The highest BCUT2D eigenvalue weighted by molar-refractivity contribution is 7.99. The predicted octanol–water partition coefficient (Wildman–Crippen LogP) is 6.60. The maximum atomic E-state index is 12.5. The molecule has 10 heteroatoms. The summed E-state index contributed by atoms with van der Waals surface area (Å²) in [6.45, 7) is 0.345. The molecule has 2 aromatic heterocycles. The Kier molecular flexibility index (Phi) is 10.3. The zero-order valence-electron chi connectivity index (χ0n) is 25.4. The Hall–Kier alpha value is -4.87. The van der Waals surface area contributed by atoms with Crippen molar-refractivity contribution in [2.24, 2.45) is 0 Å². The molecule has 0 unspecified atom stereocenters. The van der Waals surface area contributed by atoms with Gasteiger partial charge in [0.05, 0.1) is 29.9 Å². The van der Waals surface area contributed by atoms with Crippen molar-refractivity contribution in [2.75, 3.05) is 5.75 Å². The summed E-state index contributed by atoms with van der Waals surface area (Å²) in [5.74, 6) is -0.708. The van der Waals surface area contributed by atoms with Gasteiger partial charge in [0.15, 0.2) is 6.29 Å². The first-order valence-electron chi connectivity index (χ1n) is 15.2. The molecule has 1 aliphatic heterocycles. The molecular weight excluding hydrogens is 614 g/mol. The van der Waals surface area contributed by atoms with Crippen LogP contribution in [-0.2, 0) is 22.6 Å². The number of carbonyl (C=O) groups excluding carboxylic acids is 1. The number of benzene rings is 3. The highest BCUT2D eigenvalue weighted by atomic mass is 32.2. The van der Waals surface area contributed by atoms with Gasteiger partial charge in [0.25, 0.3) is 5.91 Å². The van der Waals surface area contributed by atoms with Crippen LogP contribution >= 0.6 is 11.8 Å². The number of thioether (sulfide) groups is 1. The van der Waals surface area contributed by atoms with Crippen molar-refractivity contribution in [1.29, 1.82) is 0 Å². The van der Waals surface area contributed by atoms with Crippen molar-refractivity contribution < 1.29 is 29.3 Å². The van der Waals surface area contributed by atoms with Crippen LogP contribution in [0.5, 0.6) is 0 Å². The van der Waals surface area contributed by atoms with Crippen molar-refractivity contribution in [3.05, 3.63) is 149 Å². The fourth-order valence-corrected chi connectivity index (χ4v) is 6.34. The van der Waals surface area contributed by atoms with Gasteiger partial charge < -0.3 is 25.0 Å². The summed E-state index contributed by atoms with van der Waals surface area (Å²) in [5, 5.41) is 22.5. The first-order valence-corrected chi connectivity index (χ1v) is 16.1. The molecule has 0 aliphatic carbocycles. The van der Waals surface area contributed by atoms with E-state index in [2.05, 4.69) is 21.4 Å². The van der Waals surface area contributed by atoms with Gasteiger partial charge in [-0.15, -0.1) is 11.8 Å². The van der Waals surface area contributed by atoms with Crippen LogP contribution in [0.2, 0.25) is 0 Å². The largest absolute Gasteiger partial charge is 0.478 e. The summed E-state index contributed by atoms with van der Waals surface area (Å²) in [6, 6.07) is 30.3. The molecule has 1 saturated heterocycles. The number of aliphatic hydroxyl groups is 1. The molecule has 0 saturated carbocycles. The third kappa shape index (κ3) is 8.11. The van der Waals surface area contributed by atoms with Crippen LogP contribution in [0.25, 0.3) is 11.1 Å². The molecule has 238 valence electrons. The summed E-state index contributed by atoms with van der Waals surface area (Å²) in [4.78, 5) is 32.5. The minimum Gasteiger partial charge on any atom is -0.478 e. The van der Waals surface area contributed by atoms with Crippen LogP contribution in [0.4, 0.5) is 0 Å². The van der Waals surface area contributed by atoms with Crippen molar-refractivity contribution in [3.63, 3.8) is 0 Å². The van der Waals surface area contributed by atoms with Crippen LogP contribution in [0.15, 0.2) is 121 Å².